The number of hydrogen-bond donors (Lipinski definition) is 1. The summed E-state index contributed by atoms with van der Waals surface area (Å²) in [5.41, 5.74) is 8.03. The number of carbonyl (C=O) groups is 1. The van der Waals surface area contributed by atoms with Gasteiger partial charge in [0.15, 0.2) is 0 Å². The third kappa shape index (κ3) is 3.84. The Labute approximate surface area is 126 Å². The molecule has 1 heterocycles. The molecule has 0 aliphatic carbocycles. The van der Waals surface area contributed by atoms with Gasteiger partial charge >= 0.3 is 0 Å². The fourth-order valence-corrected chi connectivity index (χ4v) is 2.51. The molecule has 1 aromatic carbocycles. The van der Waals surface area contributed by atoms with Crippen LogP contribution in [0.25, 0.3) is 0 Å². The maximum Gasteiger partial charge on any atom is 0.253 e. The normalized spacial score (nSPS) is 15.5. The molecule has 1 saturated heterocycles. The lowest BCUT2D eigenvalue weighted by molar-refractivity contribution is 0.0351. The number of rotatable bonds is 2. The molecule has 2 N–H and O–H groups in total. The summed E-state index contributed by atoms with van der Waals surface area (Å²) in [6.07, 6.45) is 2.07. The van der Waals surface area contributed by atoms with E-state index in [1.165, 1.54) is 0 Å². The van der Waals surface area contributed by atoms with E-state index in [-0.39, 0.29) is 12.0 Å². The lowest BCUT2D eigenvalue weighted by Gasteiger charge is -2.31. The van der Waals surface area contributed by atoms with Gasteiger partial charge in [0, 0.05) is 31.3 Å². The van der Waals surface area contributed by atoms with Gasteiger partial charge in [-0.25, -0.2) is 0 Å². The van der Waals surface area contributed by atoms with Gasteiger partial charge in [-0.2, -0.15) is 0 Å². The first-order valence-electron chi connectivity index (χ1n) is 7.27. The van der Waals surface area contributed by atoms with Crippen LogP contribution in [0.4, 0.5) is 0 Å². The van der Waals surface area contributed by atoms with Gasteiger partial charge in [0.25, 0.3) is 5.91 Å². The molecule has 0 aromatic heterocycles. The van der Waals surface area contributed by atoms with Crippen LogP contribution >= 0.6 is 0 Å². The summed E-state index contributed by atoms with van der Waals surface area (Å²) >= 11 is 0. The van der Waals surface area contributed by atoms with Crippen molar-refractivity contribution in [3.63, 3.8) is 0 Å². The Hall–Kier alpha value is -1.83. The van der Waals surface area contributed by atoms with Gasteiger partial charge in [-0.15, -0.1) is 0 Å². The van der Waals surface area contributed by atoms with Crippen LogP contribution in [-0.2, 0) is 4.74 Å². The standard InChI is InChI=1S/C17H22N2O2/c1-13-5-6-15(12-14(13)4-3-9-18)17(20)19-10-7-16(21-2)8-11-19/h5-6,12,16H,7-11,18H2,1-2H3. The molecule has 0 unspecified atom stereocenters. The van der Waals surface area contributed by atoms with Crippen molar-refractivity contribution in [2.45, 2.75) is 25.9 Å². The van der Waals surface area contributed by atoms with Crippen LogP contribution in [0.3, 0.4) is 0 Å². The van der Waals surface area contributed by atoms with Crippen molar-refractivity contribution < 1.29 is 9.53 Å². The first-order chi connectivity index (χ1) is 10.2. The lowest BCUT2D eigenvalue weighted by atomic mass is 10.0. The lowest BCUT2D eigenvalue weighted by Crippen LogP contribution is -2.40. The molecule has 4 nitrogen and oxygen atoms in total. The summed E-state index contributed by atoms with van der Waals surface area (Å²) in [7, 11) is 1.73. The zero-order chi connectivity index (χ0) is 15.2. The number of carbonyl (C=O) groups excluding carboxylic acids is 1. The largest absolute Gasteiger partial charge is 0.381 e. The van der Waals surface area contributed by atoms with Gasteiger partial charge in [0.1, 0.15) is 0 Å². The maximum atomic E-state index is 12.5. The van der Waals surface area contributed by atoms with Crippen molar-refractivity contribution in [2.75, 3.05) is 26.7 Å². The van der Waals surface area contributed by atoms with Crippen molar-refractivity contribution in [2.24, 2.45) is 5.73 Å². The van der Waals surface area contributed by atoms with Gasteiger partial charge in [0.2, 0.25) is 0 Å². The monoisotopic (exact) mass is 286 g/mol. The Bertz CT molecular complexity index is 564. The van der Waals surface area contributed by atoms with Crippen LogP contribution in [0.15, 0.2) is 18.2 Å². The molecule has 0 atom stereocenters. The molecule has 4 heteroatoms. The van der Waals surface area contributed by atoms with Crippen molar-refractivity contribution in [1.82, 2.24) is 4.90 Å². The van der Waals surface area contributed by atoms with Crippen molar-refractivity contribution in [3.05, 3.63) is 34.9 Å². The second-order valence-electron chi connectivity index (χ2n) is 5.26. The third-order valence-electron chi connectivity index (χ3n) is 3.87. The van der Waals surface area contributed by atoms with E-state index < -0.39 is 0 Å². The van der Waals surface area contributed by atoms with Gasteiger partial charge in [0.05, 0.1) is 12.6 Å². The minimum Gasteiger partial charge on any atom is -0.381 e. The summed E-state index contributed by atoms with van der Waals surface area (Å²) < 4.78 is 5.34. The summed E-state index contributed by atoms with van der Waals surface area (Å²) in [5, 5.41) is 0. The average molecular weight is 286 g/mol. The molecule has 21 heavy (non-hydrogen) atoms. The predicted molar refractivity (Wildman–Crippen MR) is 83.0 cm³/mol. The number of nitrogens with zero attached hydrogens (tertiary/aromatic N) is 1. The van der Waals surface area contributed by atoms with Crippen LogP contribution in [0.1, 0.15) is 34.3 Å². The Morgan fingerprint density at radius 3 is 2.76 bits per heavy atom. The molecule has 1 fully saturated rings. The molecular weight excluding hydrogens is 264 g/mol. The maximum absolute atomic E-state index is 12.5. The number of nitrogens with two attached hydrogens (primary N) is 1. The number of hydrogen-bond acceptors (Lipinski definition) is 3. The molecule has 0 bridgehead atoms. The van der Waals surface area contributed by atoms with E-state index in [0.717, 1.165) is 37.1 Å². The molecular formula is C17H22N2O2. The summed E-state index contributed by atoms with van der Waals surface area (Å²) in [5.74, 6) is 5.93. The highest BCUT2D eigenvalue weighted by Crippen LogP contribution is 2.17. The fraction of sp³-hybridized carbons (Fsp3) is 0.471. The number of amides is 1. The minimum atomic E-state index is 0.0698. The highest BCUT2D eigenvalue weighted by atomic mass is 16.5. The molecule has 1 aromatic rings. The van der Waals surface area contributed by atoms with E-state index in [0.29, 0.717) is 12.1 Å². The third-order valence-corrected chi connectivity index (χ3v) is 3.87. The SMILES string of the molecule is COC1CCN(C(=O)c2ccc(C)c(C#CCN)c2)CC1. The molecule has 2 rings (SSSR count). The van der Waals surface area contributed by atoms with Crippen molar-refractivity contribution in [1.29, 1.82) is 0 Å². The molecule has 112 valence electrons. The molecule has 0 spiro atoms. The van der Waals surface area contributed by atoms with Crippen LogP contribution in [0, 0.1) is 18.8 Å². The van der Waals surface area contributed by atoms with E-state index in [1.807, 2.05) is 30.0 Å². The predicted octanol–water partition coefficient (Wildman–Crippen LogP) is 1.56. The highest BCUT2D eigenvalue weighted by molar-refractivity contribution is 5.94. The van der Waals surface area contributed by atoms with E-state index in [4.69, 9.17) is 10.5 Å². The number of piperidine rings is 1. The smallest absolute Gasteiger partial charge is 0.253 e. The van der Waals surface area contributed by atoms with Crippen molar-refractivity contribution >= 4 is 5.91 Å². The number of likely N-dealkylation sites (tertiary alicyclic amines) is 1. The van der Waals surface area contributed by atoms with Crippen molar-refractivity contribution in [3.8, 4) is 11.8 Å². The van der Waals surface area contributed by atoms with Crippen LogP contribution in [0.2, 0.25) is 0 Å². The fourth-order valence-electron chi connectivity index (χ4n) is 2.51. The van der Waals surface area contributed by atoms with Crippen LogP contribution in [-0.4, -0.2) is 43.7 Å². The summed E-state index contributed by atoms with van der Waals surface area (Å²) in [4.78, 5) is 14.4. The average Bonchev–Trinajstić information content (AvgIpc) is 2.53. The van der Waals surface area contributed by atoms with E-state index in [2.05, 4.69) is 11.8 Å². The number of aryl methyl sites for hydroxylation is 1. The number of benzene rings is 1. The van der Waals surface area contributed by atoms with Gasteiger partial charge in [-0.3, -0.25) is 4.79 Å². The number of ether oxygens (including phenoxy) is 1. The zero-order valence-electron chi connectivity index (χ0n) is 12.7. The Kier molecular flexibility index (Phi) is 5.38. The van der Waals surface area contributed by atoms with Gasteiger partial charge < -0.3 is 15.4 Å². The number of methoxy groups -OCH3 is 1. The summed E-state index contributed by atoms with van der Waals surface area (Å²) in [6.45, 7) is 3.80. The topological polar surface area (TPSA) is 55.6 Å². The summed E-state index contributed by atoms with van der Waals surface area (Å²) in [6, 6.07) is 5.67. The molecule has 1 aliphatic rings. The first kappa shape index (κ1) is 15.6. The minimum absolute atomic E-state index is 0.0698. The molecule has 0 radical (unpaired) electrons. The zero-order valence-corrected chi connectivity index (χ0v) is 12.7. The van der Waals surface area contributed by atoms with Gasteiger partial charge in [-0.1, -0.05) is 17.9 Å². The highest BCUT2D eigenvalue weighted by Gasteiger charge is 2.23. The second-order valence-corrected chi connectivity index (χ2v) is 5.26. The van der Waals surface area contributed by atoms with E-state index >= 15 is 0 Å². The molecule has 0 saturated carbocycles. The van der Waals surface area contributed by atoms with E-state index in [9.17, 15) is 4.79 Å². The Morgan fingerprint density at radius 1 is 1.43 bits per heavy atom. The van der Waals surface area contributed by atoms with Crippen LogP contribution < -0.4 is 5.73 Å². The Balaban J connectivity index is 2.13. The van der Waals surface area contributed by atoms with E-state index in [1.54, 1.807) is 7.11 Å². The Morgan fingerprint density at radius 2 is 2.14 bits per heavy atom. The first-order valence-corrected chi connectivity index (χ1v) is 7.27. The molecule has 1 aliphatic heterocycles. The quantitative estimate of drug-likeness (QED) is 0.839. The second kappa shape index (κ2) is 7.26. The molecule has 1 amide bonds. The van der Waals surface area contributed by atoms with Gasteiger partial charge in [-0.05, 0) is 37.5 Å². The van der Waals surface area contributed by atoms with Crippen LogP contribution in [0.5, 0.6) is 0 Å².